The maximum absolute atomic E-state index is 13.4. The molecule has 0 atom stereocenters. The molecule has 3 nitrogen and oxygen atoms in total. The summed E-state index contributed by atoms with van der Waals surface area (Å²) in [5.41, 5.74) is 2.03. The monoisotopic (exact) mass is 275 g/mol. The molecular formula is C16H18FNO2. The van der Waals surface area contributed by atoms with Crippen LogP contribution in [0.25, 0.3) is 0 Å². The molecule has 1 aromatic heterocycles. The summed E-state index contributed by atoms with van der Waals surface area (Å²) in [6.45, 7) is 5.85. The quantitative estimate of drug-likeness (QED) is 0.930. The van der Waals surface area contributed by atoms with Gasteiger partial charge in [0.15, 0.2) is 0 Å². The number of benzene rings is 1. The van der Waals surface area contributed by atoms with Gasteiger partial charge in [0.05, 0.1) is 5.56 Å². The minimum Gasteiger partial charge on any atom is -0.466 e. The van der Waals surface area contributed by atoms with Gasteiger partial charge in [-0.2, -0.15) is 0 Å². The summed E-state index contributed by atoms with van der Waals surface area (Å²) in [6, 6.07) is 6.58. The Bertz CT molecular complexity index is 631. The first-order valence-corrected chi connectivity index (χ1v) is 6.59. The van der Waals surface area contributed by atoms with E-state index in [2.05, 4.69) is 5.32 Å². The lowest BCUT2D eigenvalue weighted by Gasteiger charge is -2.06. The number of hydrogen-bond acceptors (Lipinski definition) is 2. The Kier molecular flexibility index (Phi) is 4.23. The van der Waals surface area contributed by atoms with E-state index in [1.807, 2.05) is 13.8 Å². The summed E-state index contributed by atoms with van der Waals surface area (Å²) in [5.74, 6) is 0.951. The predicted molar refractivity (Wildman–Crippen MR) is 75.4 cm³/mol. The van der Waals surface area contributed by atoms with Crippen LogP contribution in [-0.2, 0) is 6.42 Å². The standard InChI is InChI=1S/C16H18FNO2/c1-10-11(2)20-12(3)15(10)16(19)18-9-8-13-6-4-5-7-14(13)17/h4-7H,8-9H2,1-3H3,(H,18,19). The Morgan fingerprint density at radius 3 is 2.50 bits per heavy atom. The number of aryl methyl sites for hydroxylation is 2. The molecule has 1 amide bonds. The molecule has 20 heavy (non-hydrogen) atoms. The molecule has 0 saturated heterocycles. The number of rotatable bonds is 4. The Morgan fingerprint density at radius 1 is 1.20 bits per heavy atom. The largest absolute Gasteiger partial charge is 0.466 e. The first-order valence-electron chi connectivity index (χ1n) is 6.59. The number of carbonyl (C=O) groups is 1. The van der Waals surface area contributed by atoms with Gasteiger partial charge in [0.1, 0.15) is 17.3 Å². The number of amides is 1. The molecule has 2 aromatic rings. The molecule has 4 heteroatoms. The molecule has 0 aliphatic carbocycles. The first-order chi connectivity index (χ1) is 9.50. The number of halogens is 1. The second-order valence-corrected chi connectivity index (χ2v) is 4.81. The van der Waals surface area contributed by atoms with Crippen molar-refractivity contribution in [3.05, 3.63) is 58.3 Å². The van der Waals surface area contributed by atoms with Crippen molar-refractivity contribution in [2.45, 2.75) is 27.2 Å². The number of furan rings is 1. The summed E-state index contributed by atoms with van der Waals surface area (Å²) in [6.07, 6.45) is 0.466. The Morgan fingerprint density at radius 2 is 1.90 bits per heavy atom. The van der Waals surface area contributed by atoms with Crippen LogP contribution in [0.4, 0.5) is 4.39 Å². The fraction of sp³-hybridized carbons (Fsp3) is 0.312. The molecule has 1 N–H and O–H groups in total. The number of nitrogens with one attached hydrogen (secondary N) is 1. The zero-order chi connectivity index (χ0) is 14.7. The highest BCUT2D eigenvalue weighted by atomic mass is 19.1. The van der Waals surface area contributed by atoms with E-state index in [0.717, 1.165) is 11.3 Å². The van der Waals surface area contributed by atoms with Crippen molar-refractivity contribution < 1.29 is 13.6 Å². The van der Waals surface area contributed by atoms with Gasteiger partial charge < -0.3 is 9.73 Å². The minimum absolute atomic E-state index is 0.173. The lowest BCUT2D eigenvalue weighted by molar-refractivity contribution is 0.0952. The fourth-order valence-electron chi connectivity index (χ4n) is 2.23. The summed E-state index contributed by atoms with van der Waals surface area (Å²) >= 11 is 0. The van der Waals surface area contributed by atoms with Crippen molar-refractivity contribution in [3.63, 3.8) is 0 Å². The molecule has 0 aliphatic heterocycles. The van der Waals surface area contributed by atoms with E-state index in [1.165, 1.54) is 6.07 Å². The third kappa shape index (κ3) is 2.90. The van der Waals surface area contributed by atoms with Gasteiger partial charge in [0.25, 0.3) is 5.91 Å². The van der Waals surface area contributed by atoms with E-state index in [-0.39, 0.29) is 11.7 Å². The van der Waals surface area contributed by atoms with Crippen LogP contribution in [0.5, 0.6) is 0 Å². The zero-order valence-corrected chi connectivity index (χ0v) is 11.9. The van der Waals surface area contributed by atoms with Crippen LogP contribution in [0.2, 0.25) is 0 Å². The molecule has 106 valence electrons. The molecule has 1 heterocycles. The van der Waals surface area contributed by atoms with Crippen LogP contribution >= 0.6 is 0 Å². The Hall–Kier alpha value is -2.10. The Balaban J connectivity index is 1.98. The molecule has 0 saturated carbocycles. The maximum Gasteiger partial charge on any atom is 0.255 e. The van der Waals surface area contributed by atoms with Crippen LogP contribution in [0.1, 0.15) is 33.0 Å². The molecular weight excluding hydrogens is 257 g/mol. The molecule has 0 spiro atoms. The summed E-state index contributed by atoms with van der Waals surface area (Å²) < 4.78 is 18.9. The lowest BCUT2D eigenvalue weighted by Crippen LogP contribution is -2.26. The lowest BCUT2D eigenvalue weighted by atomic mass is 10.1. The van der Waals surface area contributed by atoms with Gasteiger partial charge in [-0.05, 0) is 38.8 Å². The predicted octanol–water partition coefficient (Wildman–Crippen LogP) is 3.32. The molecule has 0 radical (unpaired) electrons. The van der Waals surface area contributed by atoms with Crippen molar-refractivity contribution in [3.8, 4) is 0 Å². The average molecular weight is 275 g/mol. The van der Waals surface area contributed by atoms with Crippen LogP contribution in [-0.4, -0.2) is 12.5 Å². The van der Waals surface area contributed by atoms with Crippen molar-refractivity contribution in [1.82, 2.24) is 5.32 Å². The van der Waals surface area contributed by atoms with Crippen LogP contribution in [0, 0.1) is 26.6 Å². The maximum atomic E-state index is 13.4. The fourth-order valence-corrected chi connectivity index (χ4v) is 2.23. The third-order valence-electron chi connectivity index (χ3n) is 3.43. The van der Waals surface area contributed by atoms with Gasteiger partial charge in [-0.15, -0.1) is 0 Å². The summed E-state index contributed by atoms with van der Waals surface area (Å²) in [5, 5.41) is 2.80. The van der Waals surface area contributed by atoms with Crippen molar-refractivity contribution in [2.24, 2.45) is 0 Å². The number of carbonyl (C=O) groups excluding carboxylic acids is 1. The van der Waals surface area contributed by atoms with E-state index in [9.17, 15) is 9.18 Å². The molecule has 0 aliphatic rings. The normalized spacial score (nSPS) is 10.6. The second-order valence-electron chi connectivity index (χ2n) is 4.81. The Labute approximate surface area is 117 Å². The van der Waals surface area contributed by atoms with Crippen LogP contribution in [0.15, 0.2) is 28.7 Å². The molecule has 0 bridgehead atoms. The van der Waals surface area contributed by atoms with Gasteiger partial charge in [-0.1, -0.05) is 18.2 Å². The van der Waals surface area contributed by atoms with Gasteiger partial charge >= 0.3 is 0 Å². The SMILES string of the molecule is Cc1oc(C)c(C(=O)NCCc2ccccc2F)c1C. The molecule has 1 aromatic carbocycles. The van der Waals surface area contributed by atoms with Gasteiger partial charge in [-0.25, -0.2) is 4.39 Å². The number of hydrogen-bond donors (Lipinski definition) is 1. The van der Waals surface area contributed by atoms with Crippen LogP contribution in [0.3, 0.4) is 0 Å². The average Bonchev–Trinajstić information content (AvgIpc) is 2.65. The zero-order valence-electron chi connectivity index (χ0n) is 11.9. The highest BCUT2D eigenvalue weighted by Gasteiger charge is 2.17. The van der Waals surface area contributed by atoms with E-state index in [0.29, 0.717) is 29.9 Å². The van der Waals surface area contributed by atoms with E-state index in [4.69, 9.17) is 4.42 Å². The van der Waals surface area contributed by atoms with Gasteiger partial charge in [0, 0.05) is 12.1 Å². The third-order valence-corrected chi connectivity index (χ3v) is 3.43. The molecule has 0 fully saturated rings. The molecule has 2 rings (SSSR count). The summed E-state index contributed by atoms with van der Waals surface area (Å²) in [4.78, 5) is 12.1. The van der Waals surface area contributed by atoms with E-state index in [1.54, 1.807) is 25.1 Å². The molecule has 0 unspecified atom stereocenters. The smallest absolute Gasteiger partial charge is 0.255 e. The van der Waals surface area contributed by atoms with Gasteiger partial charge in [0.2, 0.25) is 0 Å². The first kappa shape index (κ1) is 14.3. The van der Waals surface area contributed by atoms with E-state index >= 15 is 0 Å². The highest BCUT2D eigenvalue weighted by Crippen LogP contribution is 2.20. The van der Waals surface area contributed by atoms with Crippen LogP contribution < -0.4 is 5.32 Å². The van der Waals surface area contributed by atoms with Crippen molar-refractivity contribution in [2.75, 3.05) is 6.54 Å². The van der Waals surface area contributed by atoms with Gasteiger partial charge in [-0.3, -0.25) is 4.79 Å². The topological polar surface area (TPSA) is 42.2 Å². The van der Waals surface area contributed by atoms with Crippen molar-refractivity contribution >= 4 is 5.91 Å². The summed E-state index contributed by atoms with van der Waals surface area (Å²) in [7, 11) is 0. The second kappa shape index (κ2) is 5.90. The van der Waals surface area contributed by atoms with E-state index < -0.39 is 0 Å². The minimum atomic E-state index is -0.242. The highest BCUT2D eigenvalue weighted by molar-refractivity contribution is 5.96. The van der Waals surface area contributed by atoms with Crippen molar-refractivity contribution in [1.29, 1.82) is 0 Å².